The first-order valence-corrected chi connectivity index (χ1v) is 12.8. The Morgan fingerprint density at radius 2 is 1.73 bits per heavy atom. The Kier molecular flexibility index (Phi) is 7.94. The largest absolute Gasteiger partial charge is 0.417 e. The second kappa shape index (κ2) is 11.2. The van der Waals surface area contributed by atoms with E-state index in [1.54, 1.807) is 57.2 Å². The summed E-state index contributed by atoms with van der Waals surface area (Å²) in [6.07, 6.45) is 0. The van der Waals surface area contributed by atoms with Crippen LogP contribution in [-0.4, -0.2) is 37.5 Å². The topological polar surface area (TPSA) is 146 Å². The highest BCUT2D eigenvalue weighted by molar-refractivity contribution is 5.98. The molecule has 4 aromatic rings. The Hall–Kier alpha value is -4.67. The van der Waals surface area contributed by atoms with Crippen LogP contribution in [0.4, 0.5) is 10.1 Å². The smallest absolute Gasteiger partial charge is 0.286 e. The van der Waals surface area contributed by atoms with Gasteiger partial charge in [0.15, 0.2) is 0 Å². The third-order valence-electron chi connectivity index (χ3n) is 6.73. The number of halogens is 1. The molecule has 10 nitrogen and oxygen atoms in total. The lowest BCUT2D eigenvalue weighted by atomic mass is 9.84. The number of hydrogen-bond acceptors (Lipinski definition) is 8. The van der Waals surface area contributed by atoms with Gasteiger partial charge in [0, 0.05) is 5.56 Å². The zero-order valence-electron chi connectivity index (χ0n) is 22.9. The zero-order valence-corrected chi connectivity index (χ0v) is 22.9. The van der Waals surface area contributed by atoms with E-state index in [0.717, 1.165) is 5.56 Å². The van der Waals surface area contributed by atoms with Crippen molar-refractivity contribution >= 4 is 17.4 Å². The van der Waals surface area contributed by atoms with Crippen molar-refractivity contribution in [1.29, 1.82) is 0 Å². The molecule has 3 N–H and O–H groups in total. The van der Waals surface area contributed by atoms with Crippen molar-refractivity contribution in [3.8, 4) is 11.4 Å². The predicted molar refractivity (Wildman–Crippen MR) is 147 cm³/mol. The monoisotopic (exact) mass is 546 g/mol. The summed E-state index contributed by atoms with van der Waals surface area (Å²) < 4.78 is 20.3. The van der Waals surface area contributed by atoms with Crippen LogP contribution in [0.25, 0.3) is 11.4 Å². The molecule has 2 aromatic heterocycles. The first-order valence-electron chi connectivity index (χ1n) is 12.8. The minimum Gasteiger partial charge on any atom is -0.417 e. The number of nitrogens with two attached hydrogens (primary N) is 1. The maximum atomic E-state index is 13.4. The van der Waals surface area contributed by atoms with Gasteiger partial charge >= 0.3 is 0 Å². The van der Waals surface area contributed by atoms with Crippen LogP contribution in [0.15, 0.2) is 63.8 Å². The van der Waals surface area contributed by atoms with Gasteiger partial charge in [0.2, 0.25) is 17.6 Å². The lowest BCUT2D eigenvalue weighted by molar-refractivity contribution is -0.122. The van der Waals surface area contributed by atoms with E-state index in [2.05, 4.69) is 20.5 Å². The summed E-state index contributed by atoms with van der Waals surface area (Å²) in [5.74, 6) is -1.72. The molecule has 0 saturated heterocycles. The summed E-state index contributed by atoms with van der Waals surface area (Å²) in [7, 11) is 0. The van der Waals surface area contributed by atoms with Gasteiger partial charge in [0.1, 0.15) is 23.9 Å². The molecule has 40 heavy (non-hydrogen) atoms. The summed E-state index contributed by atoms with van der Waals surface area (Å²) in [6, 6.07) is 13.8. The number of rotatable bonds is 9. The molecule has 0 radical (unpaired) electrons. The minimum atomic E-state index is -1.01. The van der Waals surface area contributed by atoms with Crippen LogP contribution in [0.1, 0.15) is 55.5 Å². The van der Waals surface area contributed by atoms with Gasteiger partial charge in [-0.15, -0.1) is 10.2 Å². The Bertz CT molecular complexity index is 1590. The van der Waals surface area contributed by atoms with Crippen molar-refractivity contribution in [2.45, 2.75) is 52.6 Å². The maximum absolute atomic E-state index is 13.4. The molecule has 4 rings (SSSR count). The molecular formula is C29H31FN6O4. The van der Waals surface area contributed by atoms with E-state index < -0.39 is 35.3 Å². The molecule has 11 heteroatoms. The SMILES string of the molecule is Cc1nc(-c2ccccc2)n(CC(=O)N[C@@H](C(=O)c2nnc(C(C)(C)c3ccc(F)cc3)o2)C(C)C)c(=O)c1N. The Labute approximate surface area is 230 Å². The first-order chi connectivity index (χ1) is 18.9. The quantitative estimate of drug-likeness (QED) is 0.302. The number of anilines is 1. The molecule has 2 aromatic carbocycles. The second-order valence-corrected chi connectivity index (χ2v) is 10.4. The van der Waals surface area contributed by atoms with Gasteiger partial charge in [-0.2, -0.15) is 0 Å². The van der Waals surface area contributed by atoms with Crippen molar-refractivity contribution < 1.29 is 18.4 Å². The van der Waals surface area contributed by atoms with Crippen LogP contribution in [0.3, 0.4) is 0 Å². The van der Waals surface area contributed by atoms with E-state index in [9.17, 15) is 18.8 Å². The maximum Gasteiger partial charge on any atom is 0.286 e. The minimum absolute atomic E-state index is 0.0638. The number of nitrogen functional groups attached to an aromatic ring is 1. The number of Topliss-reactive ketones (excluding diaryl/α,β-unsaturated/α-hetero) is 1. The van der Waals surface area contributed by atoms with E-state index in [0.29, 0.717) is 11.3 Å². The number of benzene rings is 2. The van der Waals surface area contributed by atoms with Crippen LogP contribution in [0.5, 0.6) is 0 Å². The van der Waals surface area contributed by atoms with E-state index in [-0.39, 0.29) is 35.0 Å². The number of carbonyl (C=O) groups is 2. The fourth-order valence-corrected chi connectivity index (χ4v) is 4.23. The standard InChI is InChI=1S/C29H31FN6O4/c1-16(2)23(24(38)26-34-35-28(40-26)29(4,5)19-11-13-20(30)14-12-19)33-21(37)15-36-25(18-9-7-6-8-10-18)32-17(3)22(31)27(36)39/h6-14,16,23H,15,31H2,1-5H3,(H,33,37)/t23-/m1/s1. The van der Waals surface area contributed by atoms with Crippen molar-refractivity contribution in [2.24, 2.45) is 5.92 Å². The van der Waals surface area contributed by atoms with Crippen LogP contribution in [-0.2, 0) is 16.8 Å². The number of aromatic nitrogens is 4. The third kappa shape index (κ3) is 5.68. The summed E-state index contributed by atoms with van der Waals surface area (Å²) in [5.41, 5.74) is 6.22. The van der Waals surface area contributed by atoms with E-state index in [1.165, 1.54) is 16.7 Å². The molecule has 0 fully saturated rings. The predicted octanol–water partition coefficient (Wildman–Crippen LogP) is 3.67. The van der Waals surface area contributed by atoms with E-state index in [1.807, 2.05) is 19.9 Å². The van der Waals surface area contributed by atoms with Crippen molar-refractivity contribution in [3.63, 3.8) is 0 Å². The highest BCUT2D eigenvalue weighted by Crippen LogP contribution is 2.31. The van der Waals surface area contributed by atoms with Crippen molar-refractivity contribution in [1.82, 2.24) is 25.1 Å². The molecule has 0 unspecified atom stereocenters. The number of ketones is 1. The van der Waals surface area contributed by atoms with Crippen LogP contribution >= 0.6 is 0 Å². The first kappa shape index (κ1) is 28.3. The highest BCUT2D eigenvalue weighted by atomic mass is 19.1. The molecule has 0 aliphatic rings. The van der Waals surface area contributed by atoms with Crippen LogP contribution < -0.4 is 16.6 Å². The van der Waals surface area contributed by atoms with Crippen molar-refractivity contribution in [3.05, 3.63) is 93.8 Å². The summed E-state index contributed by atoms with van der Waals surface area (Å²) in [6.45, 7) is 8.35. The summed E-state index contributed by atoms with van der Waals surface area (Å²) in [5, 5.41) is 10.7. The second-order valence-electron chi connectivity index (χ2n) is 10.4. The molecule has 0 bridgehead atoms. The van der Waals surface area contributed by atoms with E-state index >= 15 is 0 Å². The summed E-state index contributed by atoms with van der Waals surface area (Å²) >= 11 is 0. The Balaban J connectivity index is 1.58. The number of amides is 1. The summed E-state index contributed by atoms with van der Waals surface area (Å²) in [4.78, 5) is 44.0. The van der Waals surface area contributed by atoms with Gasteiger partial charge in [-0.1, -0.05) is 56.3 Å². The molecule has 2 heterocycles. The highest BCUT2D eigenvalue weighted by Gasteiger charge is 2.34. The third-order valence-corrected chi connectivity index (χ3v) is 6.73. The zero-order chi connectivity index (χ0) is 29.2. The Morgan fingerprint density at radius 3 is 2.35 bits per heavy atom. The molecule has 0 spiro atoms. The molecule has 1 amide bonds. The molecule has 0 aliphatic heterocycles. The number of nitrogens with zero attached hydrogens (tertiary/aromatic N) is 4. The lowest BCUT2D eigenvalue weighted by Crippen LogP contribution is -2.46. The average molecular weight is 547 g/mol. The number of nitrogens with one attached hydrogen (secondary N) is 1. The van der Waals surface area contributed by atoms with Crippen LogP contribution in [0.2, 0.25) is 0 Å². The molecule has 0 aliphatic carbocycles. The normalized spacial score (nSPS) is 12.4. The number of aryl methyl sites for hydroxylation is 1. The number of hydrogen-bond donors (Lipinski definition) is 2. The number of carbonyl (C=O) groups excluding carboxylic acids is 2. The Morgan fingerprint density at radius 1 is 1.07 bits per heavy atom. The fourth-order valence-electron chi connectivity index (χ4n) is 4.23. The van der Waals surface area contributed by atoms with Crippen LogP contribution in [0, 0.1) is 18.7 Å². The van der Waals surface area contributed by atoms with Gasteiger partial charge < -0.3 is 15.5 Å². The average Bonchev–Trinajstić information content (AvgIpc) is 3.44. The van der Waals surface area contributed by atoms with Gasteiger partial charge in [0.05, 0.1) is 17.2 Å². The van der Waals surface area contributed by atoms with E-state index in [4.69, 9.17) is 10.2 Å². The molecule has 208 valence electrons. The molecule has 1 atom stereocenters. The molecule has 0 saturated carbocycles. The van der Waals surface area contributed by atoms with Gasteiger partial charge in [0.25, 0.3) is 11.4 Å². The van der Waals surface area contributed by atoms with Gasteiger partial charge in [-0.25, -0.2) is 9.37 Å². The van der Waals surface area contributed by atoms with Gasteiger partial charge in [-0.05, 0) is 44.4 Å². The lowest BCUT2D eigenvalue weighted by Gasteiger charge is -2.21. The molecular weight excluding hydrogens is 515 g/mol. The van der Waals surface area contributed by atoms with Crippen molar-refractivity contribution in [2.75, 3.05) is 5.73 Å². The fraction of sp³-hybridized carbons (Fsp3) is 0.310. The van der Waals surface area contributed by atoms with Gasteiger partial charge in [-0.3, -0.25) is 19.0 Å².